The Morgan fingerprint density at radius 2 is 1.65 bits per heavy atom. The quantitative estimate of drug-likeness (QED) is 0.288. The fraction of sp³-hybridized carbons (Fsp3) is 0.290. The molecule has 6 heteroatoms. The number of anilines is 1. The second-order valence-electron chi connectivity index (χ2n) is 10.0. The summed E-state index contributed by atoms with van der Waals surface area (Å²) >= 11 is 0. The van der Waals surface area contributed by atoms with E-state index in [-0.39, 0.29) is 17.1 Å². The predicted molar refractivity (Wildman–Crippen MR) is 145 cm³/mol. The molecule has 1 atom stereocenters. The highest BCUT2D eigenvalue weighted by Crippen LogP contribution is 2.43. The first-order chi connectivity index (χ1) is 17.8. The lowest BCUT2D eigenvalue weighted by Gasteiger charge is -2.26. The largest absolute Gasteiger partial charge is 0.493 e. The van der Waals surface area contributed by atoms with E-state index in [1.54, 1.807) is 18.1 Å². The molecule has 6 nitrogen and oxygen atoms in total. The summed E-state index contributed by atoms with van der Waals surface area (Å²) in [5.41, 5.74) is 3.97. The van der Waals surface area contributed by atoms with Gasteiger partial charge in [0.1, 0.15) is 5.58 Å². The van der Waals surface area contributed by atoms with Crippen LogP contribution in [0.2, 0.25) is 0 Å². The Kier molecular flexibility index (Phi) is 6.50. The van der Waals surface area contributed by atoms with Crippen molar-refractivity contribution in [3.8, 4) is 11.5 Å². The van der Waals surface area contributed by atoms with Gasteiger partial charge in [0.2, 0.25) is 5.76 Å². The van der Waals surface area contributed by atoms with Crippen LogP contribution in [0.3, 0.4) is 0 Å². The van der Waals surface area contributed by atoms with Crippen LogP contribution in [-0.4, -0.2) is 19.6 Å². The zero-order valence-corrected chi connectivity index (χ0v) is 21.8. The topological polar surface area (TPSA) is 69.0 Å². The number of ether oxygens (including phenoxy) is 2. The van der Waals surface area contributed by atoms with Crippen molar-refractivity contribution < 1.29 is 18.7 Å². The zero-order valence-electron chi connectivity index (χ0n) is 21.8. The van der Waals surface area contributed by atoms with E-state index in [0.717, 1.165) is 23.1 Å². The van der Waals surface area contributed by atoms with E-state index in [2.05, 4.69) is 13.8 Å². The predicted octanol–water partition coefficient (Wildman–Crippen LogP) is 6.59. The van der Waals surface area contributed by atoms with Gasteiger partial charge in [-0.1, -0.05) is 49.2 Å². The molecule has 0 saturated heterocycles. The number of carbonyl (C=O) groups excluding carboxylic acids is 1. The Morgan fingerprint density at radius 1 is 0.919 bits per heavy atom. The summed E-state index contributed by atoms with van der Waals surface area (Å²) < 4.78 is 17.7. The van der Waals surface area contributed by atoms with Gasteiger partial charge in [0.25, 0.3) is 5.91 Å². The molecule has 0 aliphatic carbocycles. The van der Waals surface area contributed by atoms with Crippen molar-refractivity contribution in [1.29, 1.82) is 0 Å². The average Bonchev–Trinajstić information content (AvgIpc) is 3.17. The number of amides is 1. The number of methoxy groups -OCH3 is 1. The maximum absolute atomic E-state index is 13.9. The third-order valence-corrected chi connectivity index (χ3v) is 6.79. The molecular weight excluding hydrogens is 466 g/mol. The molecule has 0 spiro atoms. The average molecular weight is 498 g/mol. The van der Waals surface area contributed by atoms with Crippen LogP contribution in [0.25, 0.3) is 11.0 Å². The van der Waals surface area contributed by atoms with E-state index in [1.165, 1.54) is 0 Å². The maximum atomic E-state index is 13.9. The van der Waals surface area contributed by atoms with Crippen LogP contribution in [-0.2, 0) is 0 Å². The first kappa shape index (κ1) is 24.6. The molecule has 0 fully saturated rings. The van der Waals surface area contributed by atoms with Gasteiger partial charge in [-0.25, -0.2) is 0 Å². The van der Waals surface area contributed by atoms with Gasteiger partial charge in [0.05, 0.1) is 30.7 Å². The van der Waals surface area contributed by atoms with Crippen LogP contribution < -0.4 is 19.8 Å². The van der Waals surface area contributed by atoms with Crippen molar-refractivity contribution in [2.75, 3.05) is 18.6 Å². The number of benzene rings is 3. The number of rotatable bonds is 7. The SMILES string of the molecule is COc1cc(C2c3c(oc4ccc(C)cc4c3=O)C(=O)N2c2ccc(C)cc2)ccc1OCCC(C)C. The Bertz CT molecular complexity index is 1530. The molecule has 1 amide bonds. The Morgan fingerprint density at radius 3 is 2.35 bits per heavy atom. The summed E-state index contributed by atoms with van der Waals surface area (Å²) in [7, 11) is 1.59. The minimum atomic E-state index is -0.676. The summed E-state index contributed by atoms with van der Waals surface area (Å²) in [5.74, 6) is 1.42. The van der Waals surface area contributed by atoms with Crippen molar-refractivity contribution >= 4 is 22.6 Å². The third kappa shape index (κ3) is 4.48. The van der Waals surface area contributed by atoms with E-state index >= 15 is 0 Å². The van der Waals surface area contributed by atoms with E-state index in [0.29, 0.717) is 46.2 Å². The van der Waals surface area contributed by atoms with Gasteiger partial charge >= 0.3 is 0 Å². The van der Waals surface area contributed by atoms with Crippen molar-refractivity contribution in [1.82, 2.24) is 0 Å². The Balaban J connectivity index is 1.68. The number of fused-ring (bicyclic) bond motifs is 2. The molecule has 3 aromatic carbocycles. The highest BCUT2D eigenvalue weighted by atomic mass is 16.5. The minimum Gasteiger partial charge on any atom is -0.493 e. The van der Waals surface area contributed by atoms with Crippen molar-refractivity contribution in [3.63, 3.8) is 0 Å². The number of aryl methyl sites for hydroxylation is 2. The summed E-state index contributed by atoms with van der Waals surface area (Å²) in [6, 6.07) is 18.0. The van der Waals surface area contributed by atoms with Crippen molar-refractivity contribution in [2.45, 2.75) is 40.2 Å². The summed E-state index contributed by atoms with van der Waals surface area (Å²) in [5, 5.41) is 0.461. The van der Waals surface area contributed by atoms with Gasteiger partial charge in [0, 0.05) is 5.69 Å². The first-order valence-corrected chi connectivity index (χ1v) is 12.6. The fourth-order valence-corrected chi connectivity index (χ4v) is 4.75. The molecule has 1 aliphatic heterocycles. The van der Waals surface area contributed by atoms with Crippen molar-refractivity contribution in [3.05, 3.63) is 98.9 Å². The van der Waals surface area contributed by atoms with Crippen LogP contribution in [0.5, 0.6) is 11.5 Å². The lowest BCUT2D eigenvalue weighted by Crippen LogP contribution is -2.29. The highest BCUT2D eigenvalue weighted by molar-refractivity contribution is 6.10. The zero-order chi connectivity index (χ0) is 26.3. The van der Waals surface area contributed by atoms with E-state index in [9.17, 15) is 9.59 Å². The lowest BCUT2D eigenvalue weighted by molar-refractivity contribution is 0.0971. The van der Waals surface area contributed by atoms with Crippen LogP contribution in [0.15, 0.2) is 69.9 Å². The fourth-order valence-electron chi connectivity index (χ4n) is 4.75. The van der Waals surface area contributed by atoms with Crippen LogP contribution in [0, 0.1) is 19.8 Å². The summed E-state index contributed by atoms with van der Waals surface area (Å²) in [4.78, 5) is 29.3. The smallest absolute Gasteiger partial charge is 0.295 e. The van der Waals surface area contributed by atoms with Gasteiger partial charge in [-0.15, -0.1) is 0 Å². The third-order valence-electron chi connectivity index (χ3n) is 6.79. The first-order valence-electron chi connectivity index (χ1n) is 12.6. The molecule has 0 bridgehead atoms. The molecule has 1 unspecified atom stereocenters. The Labute approximate surface area is 216 Å². The summed E-state index contributed by atoms with van der Waals surface area (Å²) in [6.07, 6.45) is 0.921. The molecule has 5 rings (SSSR count). The van der Waals surface area contributed by atoms with Crippen LogP contribution >= 0.6 is 0 Å². The van der Waals surface area contributed by atoms with Crippen LogP contribution in [0.1, 0.15) is 59.1 Å². The number of nitrogens with zero attached hydrogens (tertiary/aromatic N) is 1. The minimum absolute atomic E-state index is 0.0724. The molecule has 0 N–H and O–H groups in total. The summed E-state index contributed by atoms with van der Waals surface area (Å²) in [6.45, 7) is 8.78. The molecule has 1 aliphatic rings. The lowest BCUT2D eigenvalue weighted by atomic mass is 9.97. The van der Waals surface area contributed by atoms with Gasteiger partial charge in [-0.05, 0) is 68.1 Å². The molecule has 4 aromatic rings. The van der Waals surface area contributed by atoms with E-state index in [1.807, 2.05) is 68.4 Å². The number of hydrogen-bond acceptors (Lipinski definition) is 5. The second-order valence-corrected chi connectivity index (χ2v) is 10.0. The van der Waals surface area contributed by atoms with Crippen LogP contribution in [0.4, 0.5) is 5.69 Å². The highest BCUT2D eigenvalue weighted by Gasteiger charge is 2.44. The maximum Gasteiger partial charge on any atom is 0.295 e. The molecular formula is C31H31NO5. The molecule has 0 saturated carbocycles. The standard InChI is InChI=1S/C31H31NO5/c1-18(2)14-15-36-25-13-9-21(17-26(25)35-5)28-27-29(33)23-16-20(4)8-12-24(23)37-30(27)31(34)32(28)22-10-6-19(3)7-11-22/h6-13,16-18,28H,14-15H2,1-5H3. The van der Waals surface area contributed by atoms with Gasteiger partial charge in [0.15, 0.2) is 16.9 Å². The molecule has 2 heterocycles. The normalized spacial score (nSPS) is 14.9. The molecule has 0 radical (unpaired) electrons. The Hall–Kier alpha value is -4.06. The van der Waals surface area contributed by atoms with Gasteiger partial charge in [-0.2, -0.15) is 0 Å². The molecule has 37 heavy (non-hydrogen) atoms. The van der Waals surface area contributed by atoms with Crippen molar-refractivity contribution in [2.24, 2.45) is 5.92 Å². The number of hydrogen-bond donors (Lipinski definition) is 0. The monoisotopic (exact) mass is 497 g/mol. The van der Waals surface area contributed by atoms with E-state index in [4.69, 9.17) is 13.9 Å². The van der Waals surface area contributed by atoms with Gasteiger partial charge < -0.3 is 13.9 Å². The van der Waals surface area contributed by atoms with E-state index < -0.39 is 6.04 Å². The molecule has 190 valence electrons. The molecule has 1 aromatic heterocycles. The second kappa shape index (κ2) is 9.77. The van der Waals surface area contributed by atoms with Gasteiger partial charge in [-0.3, -0.25) is 14.5 Å². The number of carbonyl (C=O) groups is 1.